The standard InChI is InChI=1S/C12H15N5/c13-5-3-7-15-12-16-8-10(9-17-12)11-4-1-2-6-14-11/h1-2,4,6,8-9H,3,5,7,13H2,(H,15,16,17). The van der Waals surface area contributed by atoms with E-state index in [1.807, 2.05) is 18.2 Å². The van der Waals surface area contributed by atoms with Gasteiger partial charge in [0.2, 0.25) is 5.95 Å². The summed E-state index contributed by atoms with van der Waals surface area (Å²) in [4.78, 5) is 12.7. The average molecular weight is 229 g/mol. The summed E-state index contributed by atoms with van der Waals surface area (Å²) in [5.41, 5.74) is 7.19. The molecule has 3 N–H and O–H groups in total. The lowest BCUT2D eigenvalue weighted by Gasteiger charge is -2.04. The van der Waals surface area contributed by atoms with Crippen LogP contribution < -0.4 is 11.1 Å². The van der Waals surface area contributed by atoms with Gasteiger partial charge in [-0.25, -0.2) is 9.97 Å². The van der Waals surface area contributed by atoms with E-state index in [2.05, 4.69) is 20.3 Å². The van der Waals surface area contributed by atoms with Gasteiger partial charge in [0.1, 0.15) is 0 Å². The molecule has 0 saturated heterocycles. The molecule has 0 amide bonds. The normalized spacial score (nSPS) is 10.2. The number of hydrogen-bond donors (Lipinski definition) is 2. The van der Waals surface area contributed by atoms with Gasteiger partial charge in [-0.15, -0.1) is 0 Å². The quantitative estimate of drug-likeness (QED) is 0.756. The first kappa shape index (κ1) is 11.5. The summed E-state index contributed by atoms with van der Waals surface area (Å²) < 4.78 is 0. The van der Waals surface area contributed by atoms with Crippen molar-refractivity contribution in [2.24, 2.45) is 5.73 Å². The van der Waals surface area contributed by atoms with Gasteiger partial charge in [-0.05, 0) is 25.1 Å². The van der Waals surface area contributed by atoms with E-state index in [1.54, 1.807) is 18.6 Å². The van der Waals surface area contributed by atoms with Crippen LogP contribution in [0.2, 0.25) is 0 Å². The minimum atomic E-state index is 0.623. The van der Waals surface area contributed by atoms with Gasteiger partial charge in [-0.3, -0.25) is 4.98 Å². The number of nitrogens with zero attached hydrogens (tertiary/aromatic N) is 3. The highest BCUT2D eigenvalue weighted by molar-refractivity contribution is 5.56. The molecule has 2 aromatic rings. The van der Waals surface area contributed by atoms with Crippen LogP contribution in [-0.4, -0.2) is 28.0 Å². The summed E-state index contributed by atoms with van der Waals surface area (Å²) in [6.07, 6.45) is 6.19. The van der Waals surface area contributed by atoms with E-state index in [-0.39, 0.29) is 0 Å². The molecule has 0 bridgehead atoms. The second kappa shape index (κ2) is 5.91. The number of anilines is 1. The molecular formula is C12H15N5. The molecule has 2 aromatic heterocycles. The monoisotopic (exact) mass is 229 g/mol. The Morgan fingerprint density at radius 2 is 1.94 bits per heavy atom. The van der Waals surface area contributed by atoms with Crippen molar-refractivity contribution in [2.75, 3.05) is 18.4 Å². The van der Waals surface area contributed by atoms with E-state index in [4.69, 9.17) is 5.73 Å². The van der Waals surface area contributed by atoms with Crippen LogP contribution in [-0.2, 0) is 0 Å². The molecule has 0 fully saturated rings. The minimum Gasteiger partial charge on any atom is -0.354 e. The van der Waals surface area contributed by atoms with Gasteiger partial charge >= 0.3 is 0 Å². The Hall–Kier alpha value is -2.01. The molecule has 5 heteroatoms. The second-order valence-electron chi connectivity index (χ2n) is 3.58. The van der Waals surface area contributed by atoms with Gasteiger partial charge in [0.05, 0.1) is 5.69 Å². The number of nitrogens with one attached hydrogen (secondary N) is 1. The lowest BCUT2D eigenvalue weighted by atomic mass is 10.2. The Labute approximate surface area is 100 Å². The second-order valence-corrected chi connectivity index (χ2v) is 3.58. The fraction of sp³-hybridized carbons (Fsp3) is 0.250. The van der Waals surface area contributed by atoms with E-state index in [0.29, 0.717) is 12.5 Å². The first-order valence-electron chi connectivity index (χ1n) is 5.57. The van der Waals surface area contributed by atoms with E-state index < -0.39 is 0 Å². The Morgan fingerprint density at radius 1 is 1.12 bits per heavy atom. The molecule has 0 atom stereocenters. The van der Waals surface area contributed by atoms with Crippen LogP contribution in [0.1, 0.15) is 6.42 Å². The first-order chi connectivity index (χ1) is 8.40. The van der Waals surface area contributed by atoms with Gasteiger partial charge in [0.25, 0.3) is 0 Å². The third-order valence-corrected chi connectivity index (χ3v) is 2.28. The number of aromatic nitrogens is 3. The summed E-state index contributed by atoms with van der Waals surface area (Å²) >= 11 is 0. The average Bonchev–Trinajstić information content (AvgIpc) is 2.41. The van der Waals surface area contributed by atoms with Crippen molar-refractivity contribution in [3.05, 3.63) is 36.8 Å². The van der Waals surface area contributed by atoms with Gasteiger partial charge in [-0.2, -0.15) is 0 Å². The molecule has 2 heterocycles. The summed E-state index contributed by atoms with van der Waals surface area (Å²) in [6, 6.07) is 5.75. The largest absolute Gasteiger partial charge is 0.354 e. The third-order valence-electron chi connectivity index (χ3n) is 2.28. The summed E-state index contributed by atoms with van der Waals surface area (Å²) in [7, 11) is 0. The number of pyridine rings is 1. The minimum absolute atomic E-state index is 0.623. The highest BCUT2D eigenvalue weighted by Gasteiger charge is 2.00. The fourth-order valence-corrected chi connectivity index (χ4v) is 1.39. The van der Waals surface area contributed by atoms with Gasteiger partial charge in [-0.1, -0.05) is 6.07 Å². The van der Waals surface area contributed by atoms with Crippen molar-refractivity contribution in [1.82, 2.24) is 15.0 Å². The molecule has 17 heavy (non-hydrogen) atoms. The van der Waals surface area contributed by atoms with Gasteiger partial charge < -0.3 is 11.1 Å². The van der Waals surface area contributed by atoms with E-state index >= 15 is 0 Å². The molecule has 0 aliphatic heterocycles. The molecule has 5 nitrogen and oxygen atoms in total. The molecule has 0 spiro atoms. The topological polar surface area (TPSA) is 76.7 Å². The van der Waals surface area contributed by atoms with Crippen molar-refractivity contribution in [3.8, 4) is 11.3 Å². The van der Waals surface area contributed by atoms with Crippen LogP contribution in [0.25, 0.3) is 11.3 Å². The van der Waals surface area contributed by atoms with Crippen LogP contribution in [0.3, 0.4) is 0 Å². The van der Waals surface area contributed by atoms with Crippen LogP contribution in [0.15, 0.2) is 36.8 Å². The molecule has 0 aliphatic rings. The zero-order valence-corrected chi connectivity index (χ0v) is 9.50. The molecule has 0 unspecified atom stereocenters. The summed E-state index contributed by atoms with van der Waals surface area (Å²) in [6.45, 7) is 1.46. The highest BCUT2D eigenvalue weighted by atomic mass is 15.1. The van der Waals surface area contributed by atoms with Crippen molar-refractivity contribution >= 4 is 5.95 Å². The lowest BCUT2D eigenvalue weighted by Crippen LogP contribution is -2.10. The first-order valence-corrected chi connectivity index (χ1v) is 5.57. The van der Waals surface area contributed by atoms with Crippen LogP contribution in [0.4, 0.5) is 5.95 Å². The van der Waals surface area contributed by atoms with Crippen molar-refractivity contribution in [3.63, 3.8) is 0 Å². The maximum Gasteiger partial charge on any atom is 0.222 e. The predicted octanol–water partition coefficient (Wildman–Crippen LogP) is 1.30. The van der Waals surface area contributed by atoms with Crippen LogP contribution in [0.5, 0.6) is 0 Å². The molecular weight excluding hydrogens is 214 g/mol. The molecule has 0 radical (unpaired) electrons. The maximum atomic E-state index is 5.40. The van der Waals surface area contributed by atoms with E-state index in [9.17, 15) is 0 Å². The molecule has 2 rings (SSSR count). The smallest absolute Gasteiger partial charge is 0.222 e. The molecule has 88 valence electrons. The molecule has 0 aromatic carbocycles. The lowest BCUT2D eigenvalue weighted by molar-refractivity contribution is 0.864. The number of hydrogen-bond acceptors (Lipinski definition) is 5. The van der Waals surface area contributed by atoms with E-state index in [0.717, 1.165) is 24.2 Å². The zero-order valence-electron chi connectivity index (χ0n) is 9.50. The van der Waals surface area contributed by atoms with Crippen LogP contribution >= 0.6 is 0 Å². The van der Waals surface area contributed by atoms with Gasteiger partial charge in [0.15, 0.2) is 0 Å². The zero-order chi connectivity index (χ0) is 11.9. The highest BCUT2D eigenvalue weighted by Crippen LogP contribution is 2.14. The molecule has 0 aliphatic carbocycles. The fourth-order valence-electron chi connectivity index (χ4n) is 1.39. The Bertz CT molecular complexity index is 440. The Kier molecular flexibility index (Phi) is 3.99. The maximum absolute atomic E-state index is 5.40. The third kappa shape index (κ3) is 3.22. The summed E-state index contributed by atoms with van der Waals surface area (Å²) in [5, 5.41) is 3.10. The van der Waals surface area contributed by atoms with Crippen molar-refractivity contribution < 1.29 is 0 Å². The summed E-state index contributed by atoms with van der Waals surface area (Å²) in [5.74, 6) is 0.623. The van der Waals surface area contributed by atoms with Crippen molar-refractivity contribution in [1.29, 1.82) is 0 Å². The number of rotatable bonds is 5. The Balaban J connectivity index is 2.03. The number of nitrogens with two attached hydrogens (primary N) is 1. The SMILES string of the molecule is NCCCNc1ncc(-c2ccccn2)cn1. The van der Waals surface area contributed by atoms with Gasteiger partial charge in [0, 0.05) is 30.7 Å². The Morgan fingerprint density at radius 3 is 2.59 bits per heavy atom. The van der Waals surface area contributed by atoms with Crippen molar-refractivity contribution in [2.45, 2.75) is 6.42 Å². The predicted molar refractivity (Wildman–Crippen MR) is 67.4 cm³/mol. The molecule has 0 saturated carbocycles. The van der Waals surface area contributed by atoms with Crippen LogP contribution in [0, 0.1) is 0 Å². The van der Waals surface area contributed by atoms with E-state index in [1.165, 1.54) is 0 Å².